The maximum absolute atomic E-state index is 13.2. The minimum Gasteiger partial charge on any atom is -0.494 e. The number of nitrogens with one attached hydrogen (secondary N) is 2. The second-order valence-electron chi connectivity index (χ2n) is 11.3. The lowest BCUT2D eigenvalue weighted by Crippen LogP contribution is -2.35. The zero-order chi connectivity index (χ0) is 28.3. The number of carbonyl (C=O) groups is 1. The Balaban J connectivity index is 1.38. The molecule has 1 aliphatic rings. The molecular formula is C33H38N4O3. The van der Waals surface area contributed by atoms with Gasteiger partial charge in [-0.15, -0.1) is 0 Å². The fourth-order valence-electron chi connectivity index (χ4n) is 5.17. The van der Waals surface area contributed by atoms with E-state index < -0.39 is 0 Å². The number of hydrogen-bond acceptors (Lipinski definition) is 5. The molecule has 208 valence electrons. The monoisotopic (exact) mass is 538 g/mol. The van der Waals surface area contributed by atoms with Gasteiger partial charge in [-0.25, -0.2) is 4.79 Å². The molecule has 5 rings (SSSR count). The Morgan fingerprint density at radius 3 is 2.38 bits per heavy atom. The summed E-state index contributed by atoms with van der Waals surface area (Å²) >= 11 is 0. The van der Waals surface area contributed by atoms with Crippen molar-refractivity contribution in [2.24, 2.45) is 0 Å². The normalized spacial score (nSPS) is 14.2. The predicted octanol–water partition coefficient (Wildman–Crippen LogP) is 6.99. The first kappa shape index (κ1) is 27.6. The molecule has 0 aliphatic carbocycles. The van der Waals surface area contributed by atoms with E-state index in [2.05, 4.69) is 60.6 Å². The minimum atomic E-state index is -0.323. The third-order valence-electron chi connectivity index (χ3n) is 7.39. The van der Waals surface area contributed by atoms with E-state index in [4.69, 9.17) is 14.5 Å². The Kier molecular flexibility index (Phi) is 8.05. The fraction of sp³-hybridized carbons (Fsp3) is 0.333. The molecule has 2 amide bonds. The number of amides is 2. The number of hydrogen-bond donors (Lipinski definition) is 2. The van der Waals surface area contributed by atoms with Crippen molar-refractivity contribution >= 4 is 28.2 Å². The highest BCUT2D eigenvalue weighted by Crippen LogP contribution is 2.36. The van der Waals surface area contributed by atoms with E-state index in [0.717, 1.165) is 77.3 Å². The maximum Gasteiger partial charge on any atom is 0.323 e. The predicted molar refractivity (Wildman–Crippen MR) is 162 cm³/mol. The summed E-state index contributed by atoms with van der Waals surface area (Å²) < 4.78 is 11.1. The number of benzene rings is 3. The van der Waals surface area contributed by atoms with Crippen LogP contribution in [0, 0.1) is 6.92 Å². The van der Waals surface area contributed by atoms with Crippen LogP contribution in [0.4, 0.5) is 16.2 Å². The molecule has 1 aliphatic heterocycles. The standard InChI is InChI=1S/C33H38N4O3/c1-22-18-24(33(2,3)4)19-30(31(22)39-5)36-32(38)35-29-13-12-26(27-8-6-7-9-28(27)29)23-10-11-25(34-20-23)21-37-14-16-40-17-15-37/h6-13,18-20H,14-17,21H2,1-5H3,(H2,35,36,38). The molecule has 1 saturated heterocycles. The molecule has 0 atom stereocenters. The third kappa shape index (κ3) is 6.11. The zero-order valence-electron chi connectivity index (χ0n) is 24.0. The van der Waals surface area contributed by atoms with Crippen LogP contribution in [0.25, 0.3) is 21.9 Å². The van der Waals surface area contributed by atoms with Crippen molar-refractivity contribution in [3.05, 3.63) is 83.7 Å². The first-order valence-electron chi connectivity index (χ1n) is 13.8. The number of carbonyl (C=O) groups excluding carboxylic acids is 1. The number of ether oxygens (including phenoxy) is 2. The van der Waals surface area contributed by atoms with Crippen LogP contribution in [0.3, 0.4) is 0 Å². The molecule has 1 aromatic heterocycles. The van der Waals surface area contributed by atoms with Crippen molar-refractivity contribution in [2.45, 2.75) is 39.7 Å². The number of methoxy groups -OCH3 is 1. The summed E-state index contributed by atoms with van der Waals surface area (Å²) in [6.07, 6.45) is 1.94. The van der Waals surface area contributed by atoms with Crippen LogP contribution in [0.5, 0.6) is 5.75 Å². The number of urea groups is 1. The quantitative estimate of drug-likeness (QED) is 0.277. The highest BCUT2D eigenvalue weighted by molar-refractivity contribution is 6.10. The van der Waals surface area contributed by atoms with Gasteiger partial charge < -0.3 is 20.1 Å². The number of morpholine rings is 1. The molecule has 40 heavy (non-hydrogen) atoms. The summed E-state index contributed by atoms with van der Waals surface area (Å²) in [5, 5.41) is 8.08. The van der Waals surface area contributed by atoms with Gasteiger partial charge in [-0.05, 0) is 52.6 Å². The van der Waals surface area contributed by atoms with Crippen LogP contribution in [-0.4, -0.2) is 49.3 Å². The topological polar surface area (TPSA) is 75.7 Å². The molecule has 2 N–H and O–H groups in total. The van der Waals surface area contributed by atoms with Gasteiger partial charge in [0.15, 0.2) is 0 Å². The van der Waals surface area contributed by atoms with E-state index in [0.29, 0.717) is 11.4 Å². The smallest absolute Gasteiger partial charge is 0.323 e. The number of aromatic nitrogens is 1. The summed E-state index contributed by atoms with van der Waals surface area (Å²) in [5.41, 5.74) is 6.58. The van der Waals surface area contributed by atoms with Gasteiger partial charge in [0.05, 0.1) is 37.4 Å². The summed E-state index contributed by atoms with van der Waals surface area (Å²) in [6, 6.07) is 20.1. The summed E-state index contributed by atoms with van der Waals surface area (Å²) in [7, 11) is 1.62. The molecule has 3 aromatic carbocycles. The summed E-state index contributed by atoms with van der Waals surface area (Å²) in [4.78, 5) is 20.3. The van der Waals surface area contributed by atoms with Gasteiger partial charge in [0.25, 0.3) is 0 Å². The number of anilines is 2. The van der Waals surface area contributed by atoms with E-state index >= 15 is 0 Å². The SMILES string of the molecule is COc1c(C)cc(C(C)(C)C)cc1NC(=O)Nc1ccc(-c2ccc(CN3CCOCC3)nc2)c2ccccc12. The van der Waals surface area contributed by atoms with Gasteiger partial charge in [0.1, 0.15) is 5.75 Å². The van der Waals surface area contributed by atoms with Crippen molar-refractivity contribution in [1.82, 2.24) is 9.88 Å². The number of rotatable bonds is 6. The van der Waals surface area contributed by atoms with Crippen LogP contribution in [0.2, 0.25) is 0 Å². The molecule has 2 heterocycles. The number of nitrogens with zero attached hydrogens (tertiary/aromatic N) is 2. The largest absolute Gasteiger partial charge is 0.494 e. The number of pyridine rings is 1. The minimum absolute atomic E-state index is 0.0640. The van der Waals surface area contributed by atoms with Gasteiger partial charge in [-0.3, -0.25) is 9.88 Å². The summed E-state index contributed by atoms with van der Waals surface area (Å²) in [6.45, 7) is 12.7. The lowest BCUT2D eigenvalue weighted by atomic mass is 9.85. The van der Waals surface area contributed by atoms with Crippen molar-refractivity contribution in [3.63, 3.8) is 0 Å². The van der Waals surface area contributed by atoms with E-state index in [9.17, 15) is 4.79 Å². The van der Waals surface area contributed by atoms with Gasteiger partial charge in [0.2, 0.25) is 0 Å². The Morgan fingerprint density at radius 1 is 0.975 bits per heavy atom. The Morgan fingerprint density at radius 2 is 1.70 bits per heavy atom. The second-order valence-corrected chi connectivity index (χ2v) is 11.3. The van der Waals surface area contributed by atoms with E-state index in [1.165, 1.54) is 0 Å². The molecule has 0 radical (unpaired) electrons. The van der Waals surface area contributed by atoms with Gasteiger partial charge in [-0.2, -0.15) is 0 Å². The first-order chi connectivity index (χ1) is 19.2. The lowest BCUT2D eigenvalue weighted by Gasteiger charge is -2.26. The van der Waals surface area contributed by atoms with E-state index in [1.54, 1.807) is 7.11 Å². The van der Waals surface area contributed by atoms with E-state index in [1.807, 2.05) is 49.5 Å². The van der Waals surface area contributed by atoms with Crippen LogP contribution >= 0.6 is 0 Å². The number of aryl methyl sites for hydroxylation is 1. The highest BCUT2D eigenvalue weighted by atomic mass is 16.5. The fourth-order valence-corrected chi connectivity index (χ4v) is 5.17. The lowest BCUT2D eigenvalue weighted by molar-refractivity contribution is 0.0336. The van der Waals surface area contributed by atoms with Crippen LogP contribution < -0.4 is 15.4 Å². The van der Waals surface area contributed by atoms with Gasteiger partial charge in [-0.1, -0.05) is 63.2 Å². The van der Waals surface area contributed by atoms with Gasteiger partial charge in [0, 0.05) is 36.8 Å². The van der Waals surface area contributed by atoms with Crippen LogP contribution in [-0.2, 0) is 16.7 Å². The van der Waals surface area contributed by atoms with Crippen molar-refractivity contribution in [1.29, 1.82) is 0 Å². The Labute approximate surface area is 236 Å². The molecule has 0 saturated carbocycles. The molecule has 4 aromatic rings. The average Bonchev–Trinajstić information content (AvgIpc) is 2.94. The zero-order valence-corrected chi connectivity index (χ0v) is 24.0. The molecule has 7 heteroatoms. The molecule has 0 bridgehead atoms. The molecular weight excluding hydrogens is 500 g/mol. The Bertz CT molecular complexity index is 1500. The average molecular weight is 539 g/mol. The molecule has 0 spiro atoms. The van der Waals surface area contributed by atoms with Gasteiger partial charge >= 0.3 is 6.03 Å². The molecule has 0 unspecified atom stereocenters. The van der Waals surface area contributed by atoms with Crippen LogP contribution in [0.15, 0.2) is 66.9 Å². The van der Waals surface area contributed by atoms with Crippen molar-refractivity contribution in [3.8, 4) is 16.9 Å². The third-order valence-corrected chi connectivity index (χ3v) is 7.39. The Hall–Kier alpha value is -3.94. The van der Waals surface area contributed by atoms with Crippen molar-refractivity contribution < 1.29 is 14.3 Å². The molecule has 7 nitrogen and oxygen atoms in total. The second kappa shape index (κ2) is 11.7. The highest BCUT2D eigenvalue weighted by Gasteiger charge is 2.20. The van der Waals surface area contributed by atoms with Crippen LogP contribution in [0.1, 0.15) is 37.6 Å². The maximum atomic E-state index is 13.2. The molecule has 1 fully saturated rings. The van der Waals surface area contributed by atoms with E-state index in [-0.39, 0.29) is 11.4 Å². The first-order valence-corrected chi connectivity index (χ1v) is 13.8. The van der Waals surface area contributed by atoms with Crippen molar-refractivity contribution in [2.75, 3.05) is 44.0 Å². The number of fused-ring (bicyclic) bond motifs is 1. The summed E-state index contributed by atoms with van der Waals surface area (Å²) in [5.74, 6) is 0.660.